The number of urea groups is 1. The van der Waals surface area contributed by atoms with Crippen molar-refractivity contribution >= 4 is 11.7 Å². The van der Waals surface area contributed by atoms with Crippen molar-refractivity contribution in [3.8, 4) is 0 Å². The minimum atomic E-state index is -0.310. The van der Waals surface area contributed by atoms with Crippen LogP contribution in [-0.4, -0.2) is 37.1 Å². The van der Waals surface area contributed by atoms with Crippen molar-refractivity contribution in [2.45, 2.75) is 25.8 Å². The van der Waals surface area contributed by atoms with Gasteiger partial charge in [0.25, 0.3) is 0 Å². The van der Waals surface area contributed by atoms with Gasteiger partial charge >= 0.3 is 6.03 Å². The molecule has 4 nitrogen and oxygen atoms in total. The minimum Gasteiger partial charge on any atom is -0.334 e. The smallest absolute Gasteiger partial charge is 0.319 e. The van der Waals surface area contributed by atoms with E-state index in [2.05, 4.69) is 15.5 Å². The van der Waals surface area contributed by atoms with E-state index < -0.39 is 0 Å². The van der Waals surface area contributed by atoms with Gasteiger partial charge in [0, 0.05) is 18.3 Å². The number of rotatable bonds is 2. The van der Waals surface area contributed by atoms with Crippen LogP contribution < -0.4 is 10.6 Å². The summed E-state index contributed by atoms with van der Waals surface area (Å²) in [5.41, 5.74) is 1.05. The van der Waals surface area contributed by atoms with E-state index in [0.717, 1.165) is 25.9 Å². The first-order valence-corrected chi connectivity index (χ1v) is 6.57. The Hall–Kier alpha value is -1.62. The maximum Gasteiger partial charge on any atom is 0.319 e. The van der Waals surface area contributed by atoms with Gasteiger partial charge in [0.05, 0.1) is 0 Å². The maximum absolute atomic E-state index is 13.4. The molecule has 1 atom stereocenters. The topological polar surface area (TPSA) is 44.4 Å². The Morgan fingerprint density at radius 3 is 2.95 bits per heavy atom. The number of likely N-dealkylation sites (N-methyl/N-ethyl adjacent to an activating group) is 1. The third-order valence-electron chi connectivity index (χ3n) is 3.39. The summed E-state index contributed by atoms with van der Waals surface area (Å²) in [6.07, 6.45) is 2.07. The third-order valence-corrected chi connectivity index (χ3v) is 3.39. The molecule has 1 heterocycles. The fraction of sp³-hybridized carbons (Fsp3) is 0.500. The Morgan fingerprint density at radius 2 is 2.26 bits per heavy atom. The van der Waals surface area contributed by atoms with Gasteiger partial charge in [-0.2, -0.15) is 0 Å². The van der Waals surface area contributed by atoms with Crippen LogP contribution in [0.1, 0.15) is 18.4 Å². The molecule has 0 aliphatic carbocycles. The predicted molar refractivity (Wildman–Crippen MR) is 73.8 cm³/mol. The van der Waals surface area contributed by atoms with Crippen LogP contribution in [0.3, 0.4) is 0 Å². The molecule has 0 radical (unpaired) electrons. The highest BCUT2D eigenvalue weighted by Crippen LogP contribution is 2.14. The number of anilines is 1. The van der Waals surface area contributed by atoms with Crippen molar-refractivity contribution < 1.29 is 9.18 Å². The van der Waals surface area contributed by atoms with E-state index in [0.29, 0.717) is 11.3 Å². The van der Waals surface area contributed by atoms with E-state index in [1.807, 2.05) is 7.05 Å². The summed E-state index contributed by atoms with van der Waals surface area (Å²) in [6, 6.07) is 4.57. The number of halogens is 1. The quantitative estimate of drug-likeness (QED) is 0.862. The molecule has 2 N–H and O–H groups in total. The molecule has 1 fully saturated rings. The Morgan fingerprint density at radius 1 is 1.47 bits per heavy atom. The lowest BCUT2D eigenvalue weighted by molar-refractivity contribution is 0.216. The first kappa shape index (κ1) is 13.8. The molecule has 0 bridgehead atoms. The van der Waals surface area contributed by atoms with Gasteiger partial charge in [-0.25, -0.2) is 9.18 Å². The van der Waals surface area contributed by atoms with Crippen molar-refractivity contribution in [3.63, 3.8) is 0 Å². The average Bonchev–Trinajstić information content (AvgIpc) is 2.34. The van der Waals surface area contributed by atoms with Gasteiger partial charge in [-0.15, -0.1) is 0 Å². The Kier molecular flexibility index (Phi) is 4.37. The summed E-state index contributed by atoms with van der Waals surface area (Å²) in [5.74, 6) is -0.310. The van der Waals surface area contributed by atoms with Crippen molar-refractivity contribution in [2.75, 3.05) is 25.5 Å². The molecule has 2 rings (SSSR count). The lowest BCUT2D eigenvalue weighted by atomic mass is 10.1. The first-order valence-electron chi connectivity index (χ1n) is 6.57. The number of hydrogen-bond donors (Lipinski definition) is 2. The number of carbonyl (C=O) groups excluding carboxylic acids is 1. The van der Waals surface area contributed by atoms with Gasteiger partial charge in [-0.3, -0.25) is 0 Å². The van der Waals surface area contributed by atoms with Gasteiger partial charge in [0.15, 0.2) is 0 Å². The normalized spacial score (nSPS) is 20.1. The number of amides is 2. The zero-order valence-corrected chi connectivity index (χ0v) is 11.4. The summed E-state index contributed by atoms with van der Waals surface area (Å²) in [6.45, 7) is 3.62. The minimum absolute atomic E-state index is 0.161. The molecule has 1 saturated heterocycles. The van der Waals surface area contributed by atoms with Gasteiger partial charge in [-0.05, 0) is 51.1 Å². The van der Waals surface area contributed by atoms with Crippen molar-refractivity contribution in [3.05, 3.63) is 29.6 Å². The summed E-state index contributed by atoms with van der Waals surface area (Å²) in [4.78, 5) is 14.0. The largest absolute Gasteiger partial charge is 0.334 e. The van der Waals surface area contributed by atoms with Gasteiger partial charge in [0.1, 0.15) is 5.82 Å². The number of nitrogens with one attached hydrogen (secondary N) is 2. The van der Waals surface area contributed by atoms with Gasteiger partial charge in [0.2, 0.25) is 0 Å². The van der Waals surface area contributed by atoms with Crippen LogP contribution in [0.25, 0.3) is 0 Å². The average molecular weight is 265 g/mol. The Balaban J connectivity index is 1.88. The van der Waals surface area contributed by atoms with Crippen LogP contribution in [0, 0.1) is 12.7 Å². The summed E-state index contributed by atoms with van der Waals surface area (Å²) < 4.78 is 13.4. The second kappa shape index (κ2) is 6.02. The number of aryl methyl sites for hydroxylation is 1. The molecule has 0 unspecified atom stereocenters. The molecule has 2 amide bonds. The molecule has 0 spiro atoms. The van der Waals surface area contributed by atoms with Crippen LogP contribution >= 0.6 is 0 Å². The monoisotopic (exact) mass is 265 g/mol. The fourth-order valence-corrected chi connectivity index (χ4v) is 2.31. The Bertz CT molecular complexity index is 464. The number of hydrogen-bond acceptors (Lipinski definition) is 2. The van der Waals surface area contributed by atoms with E-state index >= 15 is 0 Å². The molecular weight excluding hydrogens is 245 g/mol. The highest BCUT2D eigenvalue weighted by atomic mass is 19.1. The molecule has 1 aliphatic rings. The Labute approximate surface area is 113 Å². The molecule has 0 aromatic heterocycles. The van der Waals surface area contributed by atoms with E-state index in [4.69, 9.17) is 0 Å². The summed E-state index contributed by atoms with van der Waals surface area (Å²) >= 11 is 0. The SMILES string of the molecule is Cc1ccc(NC(=O)N[C@@H]2CCCN(C)C2)cc1F. The van der Waals surface area contributed by atoms with E-state index in [9.17, 15) is 9.18 Å². The maximum atomic E-state index is 13.4. The standard InChI is InChI=1S/C14H20FN3O/c1-10-5-6-11(8-13(10)15)16-14(19)17-12-4-3-7-18(2)9-12/h5-6,8,12H,3-4,7,9H2,1-2H3,(H2,16,17,19)/t12-/m1/s1. The summed E-state index contributed by atoms with van der Waals surface area (Å²) in [7, 11) is 2.04. The highest BCUT2D eigenvalue weighted by molar-refractivity contribution is 5.89. The molecule has 1 aliphatic heterocycles. The van der Waals surface area contributed by atoms with E-state index in [1.54, 1.807) is 19.1 Å². The summed E-state index contributed by atoms with van der Waals surface area (Å²) in [5, 5.41) is 5.58. The number of carbonyl (C=O) groups is 1. The molecule has 1 aromatic carbocycles. The number of piperidine rings is 1. The van der Waals surface area contributed by atoms with E-state index in [-0.39, 0.29) is 17.9 Å². The van der Waals surface area contributed by atoms with Crippen molar-refractivity contribution in [1.82, 2.24) is 10.2 Å². The number of nitrogens with zero attached hydrogens (tertiary/aromatic N) is 1. The zero-order valence-electron chi connectivity index (χ0n) is 11.4. The van der Waals surface area contributed by atoms with Crippen LogP contribution in [0.15, 0.2) is 18.2 Å². The number of benzene rings is 1. The highest BCUT2D eigenvalue weighted by Gasteiger charge is 2.18. The second-order valence-corrected chi connectivity index (χ2v) is 5.16. The van der Waals surface area contributed by atoms with Crippen molar-refractivity contribution in [1.29, 1.82) is 0 Å². The molecule has 104 valence electrons. The first-order chi connectivity index (χ1) is 9.04. The van der Waals surface area contributed by atoms with E-state index in [1.165, 1.54) is 6.07 Å². The molecule has 19 heavy (non-hydrogen) atoms. The van der Waals surface area contributed by atoms with Crippen LogP contribution in [0.4, 0.5) is 14.9 Å². The van der Waals surface area contributed by atoms with Crippen LogP contribution in [0.2, 0.25) is 0 Å². The van der Waals surface area contributed by atoms with Gasteiger partial charge in [-0.1, -0.05) is 6.07 Å². The van der Waals surface area contributed by atoms with Gasteiger partial charge < -0.3 is 15.5 Å². The fourth-order valence-electron chi connectivity index (χ4n) is 2.31. The lowest BCUT2D eigenvalue weighted by Gasteiger charge is -2.30. The molecular formula is C14H20FN3O. The second-order valence-electron chi connectivity index (χ2n) is 5.16. The molecule has 1 aromatic rings. The molecule has 0 saturated carbocycles. The zero-order chi connectivity index (χ0) is 13.8. The number of likely N-dealkylation sites (tertiary alicyclic amines) is 1. The molecule has 5 heteroatoms. The lowest BCUT2D eigenvalue weighted by Crippen LogP contribution is -2.47. The third kappa shape index (κ3) is 3.92. The predicted octanol–water partition coefficient (Wildman–Crippen LogP) is 2.35. The van der Waals surface area contributed by atoms with Crippen LogP contribution in [0.5, 0.6) is 0 Å². The van der Waals surface area contributed by atoms with Crippen molar-refractivity contribution in [2.24, 2.45) is 0 Å². The van der Waals surface area contributed by atoms with Crippen LogP contribution in [-0.2, 0) is 0 Å².